The zero-order chi connectivity index (χ0) is 14.6. The molecule has 3 nitrogen and oxygen atoms in total. The quantitative estimate of drug-likeness (QED) is 0.837. The third kappa shape index (κ3) is 3.95. The Balaban J connectivity index is 1.52. The van der Waals surface area contributed by atoms with Crippen LogP contribution in [0, 0.1) is 5.41 Å². The van der Waals surface area contributed by atoms with Crippen LogP contribution in [0.25, 0.3) is 0 Å². The molecule has 1 atom stereocenters. The number of hydrogen-bond acceptors (Lipinski definition) is 4. The molecule has 3 fully saturated rings. The number of aliphatic hydroxyl groups is 1. The molecule has 3 rings (SSSR count). The highest BCUT2D eigenvalue weighted by Crippen LogP contribution is 2.39. The van der Waals surface area contributed by atoms with E-state index < -0.39 is 0 Å². The normalized spacial score (nSPS) is 32.1. The average Bonchev–Trinajstić information content (AvgIpc) is 2.55. The summed E-state index contributed by atoms with van der Waals surface area (Å²) in [5.41, 5.74) is 0.326. The van der Waals surface area contributed by atoms with E-state index in [-0.39, 0.29) is 11.0 Å². The van der Waals surface area contributed by atoms with Crippen molar-refractivity contribution in [3.63, 3.8) is 0 Å². The van der Waals surface area contributed by atoms with Gasteiger partial charge in [-0.25, -0.2) is 0 Å². The first kappa shape index (κ1) is 16.1. The van der Waals surface area contributed by atoms with Crippen LogP contribution in [-0.4, -0.2) is 48.0 Å². The second-order valence-electron chi connectivity index (χ2n) is 7.43. The van der Waals surface area contributed by atoms with Crippen LogP contribution in [0.1, 0.15) is 57.8 Å². The fourth-order valence-corrected chi connectivity index (χ4v) is 5.58. The number of nitrogens with one attached hydrogen (secondary N) is 1. The van der Waals surface area contributed by atoms with E-state index in [0.29, 0.717) is 12.6 Å². The molecule has 0 amide bonds. The first-order valence-corrected chi connectivity index (χ1v) is 9.97. The second kappa shape index (κ2) is 7.20. The standard InChI is InChI=1S/C17H31NO2S/c19-14-16(5-2-1-3-6-16)13-18-15-4-9-20-17(12-15)7-10-21-11-8-17/h15,18-19H,1-14H2. The topological polar surface area (TPSA) is 41.5 Å². The van der Waals surface area contributed by atoms with Crippen LogP contribution in [-0.2, 0) is 4.74 Å². The SMILES string of the molecule is OCC1(CNC2CCOC3(CCSCC3)C2)CCCCC1. The summed E-state index contributed by atoms with van der Waals surface area (Å²) >= 11 is 2.07. The summed E-state index contributed by atoms with van der Waals surface area (Å²) in [6, 6.07) is 0.590. The van der Waals surface area contributed by atoms with Gasteiger partial charge in [-0.15, -0.1) is 0 Å². The Morgan fingerprint density at radius 3 is 2.57 bits per heavy atom. The summed E-state index contributed by atoms with van der Waals surface area (Å²) in [5.74, 6) is 2.51. The minimum Gasteiger partial charge on any atom is -0.396 e. The van der Waals surface area contributed by atoms with Gasteiger partial charge in [0, 0.05) is 31.2 Å². The molecule has 2 saturated heterocycles. The lowest BCUT2D eigenvalue weighted by molar-refractivity contribution is -0.0946. The zero-order valence-electron chi connectivity index (χ0n) is 13.2. The lowest BCUT2D eigenvalue weighted by atomic mass is 9.74. The fraction of sp³-hybridized carbons (Fsp3) is 1.00. The van der Waals surface area contributed by atoms with E-state index in [1.807, 2.05) is 0 Å². The molecule has 0 aromatic carbocycles. The molecule has 21 heavy (non-hydrogen) atoms. The lowest BCUT2D eigenvalue weighted by Gasteiger charge is -2.45. The van der Waals surface area contributed by atoms with Crippen LogP contribution in [0.3, 0.4) is 0 Å². The minimum atomic E-state index is 0.159. The predicted molar refractivity (Wildman–Crippen MR) is 88.9 cm³/mol. The van der Waals surface area contributed by atoms with Gasteiger partial charge in [0.05, 0.1) is 5.60 Å². The van der Waals surface area contributed by atoms with Crippen LogP contribution in [0.5, 0.6) is 0 Å². The molecule has 0 radical (unpaired) electrons. The molecule has 122 valence electrons. The van der Waals surface area contributed by atoms with E-state index in [4.69, 9.17) is 4.74 Å². The fourth-order valence-electron chi connectivity index (χ4n) is 4.35. The van der Waals surface area contributed by atoms with Gasteiger partial charge in [0.15, 0.2) is 0 Å². The summed E-state index contributed by atoms with van der Waals surface area (Å²) in [5, 5.41) is 13.7. The van der Waals surface area contributed by atoms with E-state index in [9.17, 15) is 5.11 Å². The maximum Gasteiger partial charge on any atom is 0.0713 e. The lowest BCUT2D eigenvalue weighted by Crippen LogP contribution is -2.51. The molecule has 2 aliphatic heterocycles. The van der Waals surface area contributed by atoms with Crippen molar-refractivity contribution in [3.8, 4) is 0 Å². The van der Waals surface area contributed by atoms with Crippen molar-refractivity contribution >= 4 is 11.8 Å². The highest BCUT2D eigenvalue weighted by atomic mass is 32.2. The largest absolute Gasteiger partial charge is 0.396 e. The average molecular weight is 314 g/mol. The van der Waals surface area contributed by atoms with E-state index in [0.717, 1.165) is 19.6 Å². The van der Waals surface area contributed by atoms with Crippen molar-refractivity contribution < 1.29 is 9.84 Å². The van der Waals surface area contributed by atoms with E-state index in [1.165, 1.54) is 62.9 Å². The van der Waals surface area contributed by atoms with Gasteiger partial charge < -0.3 is 15.2 Å². The Morgan fingerprint density at radius 2 is 1.86 bits per heavy atom. The van der Waals surface area contributed by atoms with Crippen molar-refractivity contribution in [1.82, 2.24) is 5.32 Å². The highest BCUT2D eigenvalue weighted by Gasteiger charge is 2.39. The van der Waals surface area contributed by atoms with Crippen molar-refractivity contribution in [2.75, 3.05) is 31.3 Å². The number of aliphatic hydroxyl groups excluding tert-OH is 1. The molecule has 4 heteroatoms. The number of rotatable bonds is 4. The molecule has 0 bridgehead atoms. The maximum absolute atomic E-state index is 9.85. The molecule has 0 aromatic rings. The number of hydrogen-bond donors (Lipinski definition) is 2. The van der Waals surface area contributed by atoms with Crippen molar-refractivity contribution in [1.29, 1.82) is 0 Å². The van der Waals surface area contributed by atoms with Gasteiger partial charge in [0.25, 0.3) is 0 Å². The molecular formula is C17H31NO2S. The van der Waals surface area contributed by atoms with Crippen LogP contribution >= 0.6 is 11.8 Å². The van der Waals surface area contributed by atoms with Crippen molar-refractivity contribution in [2.45, 2.75) is 69.4 Å². The molecular weight excluding hydrogens is 282 g/mol. The van der Waals surface area contributed by atoms with Crippen LogP contribution in [0.4, 0.5) is 0 Å². The second-order valence-corrected chi connectivity index (χ2v) is 8.66. The first-order chi connectivity index (χ1) is 10.3. The Kier molecular flexibility index (Phi) is 5.52. The van der Waals surface area contributed by atoms with Crippen LogP contribution < -0.4 is 5.32 Å². The molecule has 2 N–H and O–H groups in total. The number of thioether (sulfide) groups is 1. The maximum atomic E-state index is 9.85. The van der Waals surface area contributed by atoms with Crippen LogP contribution in [0.15, 0.2) is 0 Å². The van der Waals surface area contributed by atoms with Gasteiger partial charge in [0.1, 0.15) is 0 Å². The summed E-state index contributed by atoms with van der Waals surface area (Å²) in [7, 11) is 0. The van der Waals surface area contributed by atoms with Gasteiger partial charge in [-0.2, -0.15) is 11.8 Å². The smallest absolute Gasteiger partial charge is 0.0713 e. The van der Waals surface area contributed by atoms with E-state index in [1.54, 1.807) is 0 Å². The van der Waals surface area contributed by atoms with E-state index in [2.05, 4.69) is 17.1 Å². The molecule has 1 aliphatic carbocycles. The molecule has 2 heterocycles. The monoisotopic (exact) mass is 313 g/mol. The summed E-state index contributed by atoms with van der Waals surface area (Å²) in [4.78, 5) is 0. The Hall–Kier alpha value is 0.230. The summed E-state index contributed by atoms with van der Waals surface area (Å²) < 4.78 is 6.18. The Labute approximate surface area is 133 Å². The summed E-state index contributed by atoms with van der Waals surface area (Å²) in [6.07, 6.45) is 11.1. The minimum absolute atomic E-state index is 0.159. The third-order valence-corrected chi connectivity index (χ3v) is 6.90. The molecule has 0 aromatic heterocycles. The van der Waals surface area contributed by atoms with Gasteiger partial charge in [-0.05, 0) is 50.0 Å². The first-order valence-electron chi connectivity index (χ1n) is 8.82. The third-order valence-electron chi connectivity index (χ3n) is 5.91. The Morgan fingerprint density at radius 1 is 1.10 bits per heavy atom. The Bertz CT molecular complexity index is 319. The zero-order valence-corrected chi connectivity index (χ0v) is 14.1. The molecule has 1 saturated carbocycles. The molecule has 1 spiro atoms. The van der Waals surface area contributed by atoms with Crippen molar-refractivity contribution in [3.05, 3.63) is 0 Å². The highest BCUT2D eigenvalue weighted by molar-refractivity contribution is 7.99. The van der Waals surface area contributed by atoms with Crippen molar-refractivity contribution in [2.24, 2.45) is 5.41 Å². The van der Waals surface area contributed by atoms with E-state index >= 15 is 0 Å². The van der Waals surface area contributed by atoms with Gasteiger partial charge in [-0.1, -0.05) is 19.3 Å². The molecule has 3 aliphatic rings. The predicted octanol–water partition coefficient (Wildman–Crippen LogP) is 2.96. The van der Waals surface area contributed by atoms with Gasteiger partial charge in [0.2, 0.25) is 0 Å². The van der Waals surface area contributed by atoms with Crippen LogP contribution in [0.2, 0.25) is 0 Å². The van der Waals surface area contributed by atoms with Gasteiger partial charge >= 0.3 is 0 Å². The number of ether oxygens (including phenoxy) is 1. The molecule has 1 unspecified atom stereocenters. The van der Waals surface area contributed by atoms with Gasteiger partial charge in [-0.3, -0.25) is 0 Å². The summed E-state index contributed by atoms with van der Waals surface area (Å²) in [6.45, 7) is 2.26.